The van der Waals surface area contributed by atoms with Gasteiger partial charge in [-0.1, -0.05) is 6.92 Å². The van der Waals surface area contributed by atoms with Gasteiger partial charge in [0.1, 0.15) is 0 Å². The lowest BCUT2D eigenvalue weighted by atomic mass is 10.2. The summed E-state index contributed by atoms with van der Waals surface area (Å²) in [5.41, 5.74) is 0. The SMILES string of the molecule is CCOC(=O)CCNC1CC(=O)N(C(C)CC)C1=O. The van der Waals surface area contributed by atoms with Gasteiger partial charge in [0, 0.05) is 12.6 Å². The van der Waals surface area contributed by atoms with Gasteiger partial charge < -0.3 is 10.1 Å². The van der Waals surface area contributed by atoms with E-state index in [0.717, 1.165) is 6.42 Å². The smallest absolute Gasteiger partial charge is 0.307 e. The number of amides is 2. The molecule has 0 radical (unpaired) electrons. The van der Waals surface area contributed by atoms with Crippen molar-refractivity contribution in [3.8, 4) is 0 Å². The minimum Gasteiger partial charge on any atom is -0.466 e. The number of hydrogen-bond donors (Lipinski definition) is 1. The number of ether oxygens (including phenoxy) is 1. The van der Waals surface area contributed by atoms with Gasteiger partial charge in [-0.05, 0) is 20.3 Å². The van der Waals surface area contributed by atoms with E-state index in [-0.39, 0.29) is 36.7 Å². The zero-order valence-corrected chi connectivity index (χ0v) is 11.8. The van der Waals surface area contributed by atoms with Crippen molar-refractivity contribution in [3.05, 3.63) is 0 Å². The van der Waals surface area contributed by atoms with Crippen molar-refractivity contribution in [2.75, 3.05) is 13.2 Å². The van der Waals surface area contributed by atoms with E-state index in [1.54, 1.807) is 6.92 Å². The standard InChI is InChI=1S/C13H22N2O4/c1-4-9(3)15-11(16)8-10(13(15)18)14-7-6-12(17)19-5-2/h9-10,14H,4-8H2,1-3H3. The lowest BCUT2D eigenvalue weighted by Gasteiger charge is -2.21. The maximum Gasteiger partial charge on any atom is 0.307 e. The largest absolute Gasteiger partial charge is 0.466 e. The molecule has 19 heavy (non-hydrogen) atoms. The number of nitrogens with one attached hydrogen (secondary N) is 1. The third-order valence-electron chi connectivity index (χ3n) is 3.24. The minimum absolute atomic E-state index is 0.0724. The summed E-state index contributed by atoms with van der Waals surface area (Å²) < 4.78 is 4.79. The molecule has 0 spiro atoms. The van der Waals surface area contributed by atoms with Gasteiger partial charge in [-0.25, -0.2) is 0 Å². The molecule has 1 rings (SSSR count). The van der Waals surface area contributed by atoms with Crippen molar-refractivity contribution >= 4 is 17.8 Å². The predicted octanol–water partition coefficient (Wildman–Crippen LogP) is 0.455. The Morgan fingerprint density at radius 2 is 2.16 bits per heavy atom. The Labute approximate surface area is 113 Å². The Hall–Kier alpha value is -1.43. The molecule has 6 nitrogen and oxygen atoms in total. The van der Waals surface area contributed by atoms with Crippen LogP contribution in [0.1, 0.15) is 40.0 Å². The first-order valence-electron chi connectivity index (χ1n) is 6.76. The van der Waals surface area contributed by atoms with E-state index in [4.69, 9.17) is 4.74 Å². The highest BCUT2D eigenvalue weighted by Crippen LogP contribution is 2.17. The highest BCUT2D eigenvalue weighted by atomic mass is 16.5. The number of esters is 1. The average Bonchev–Trinajstić information content (AvgIpc) is 2.64. The molecule has 2 atom stereocenters. The van der Waals surface area contributed by atoms with Crippen molar-refractivity contribution in [1.29, 1.82) is 0 Å². The first kappa shape index (κ1) is 15.6. The lowest BCUT2D eigenvalue weighted by molar-refractivity contribution is -0.144. The van der Waals surface area contributed by atoms with Crippen LogP contribution in [0.5, 0.6) is 0 Å². The predicted molar refractivity (Wildman–Crippen MR) is 69.3 cm³/mol. The van der Waals surface area contributed by atoms with Crippen molar-refractivity contribution in [2.45, 2.75) is 52.1 Å². The number of nitrogens with zero attached hydrogens (tertiary/aromatic N) is 1. The van der Waals surface area contributed by atoms with Crippen LogP contribution in [-0.2, 0) is 19.1 Å². The minimum atomic E-state index is -0.504. The zero-order valence-electron chi connectivity index (χ0n) is 11.8. The number of imide groups is 1. The third kappa shape index (κ3) is 4.02. The van der Waals surface area contributed by atoms with Crippen LogP contribution >= 0.6 is 0 Å². The van der Waals surface area contributed by atoms with E-state index in [9.17, 15) is 14.4 Å². The monoisotopic (exact) mass is 270 g/mol. The van der Waals surface area contributed by atoms with Crippen LogP contribution in [0, 0.1) is 0 Å². The fourth-order valence-electron chi connectivity index (χ4n) is 2.04. The van der Waals surface area contributed by atoms with Gasteiger partial charge in [-0.15, -0.1) is 0 Å². The second-order valence-electron chi connectivity index (χ2n) is 4.63. The molecule has 0 aliphatic carbocycles. The summed E-state index contributed by atoms with van der Waals surface area (Å²) >= 11 is 0. The van der Waals surface area contributed by atoms with E-state index in [0.29, 0.717) is 13.2 Å². The first-order chi connectivity index (χ1) is 9.01. The summed E-state index contributed by atoms with van der Waals surface area (Å²) in [6.07, 6.45) is 1.12. The highest BCUT2D eigenvalue weighted by Gasteiger charge is 2.40. The molecule has 1 aliphatic heterocycles. The molecule has 0 aromatic carbocycles. The molecule has 0 aromatic rings. The van der Waals surface area contributed by atoms with Crippen LogP contribution in [0.4, 0.5) is 0 Å². The van der Waals surface area contributed by atoms with Crippen molar-refractivity contribution in [3.63, 3.8) is 0 Å². The summed E-state index contributed by atoms with van der Waals surface area (Å²) in [7, 11) is 0. The molecule has 1 saturated heterocycles. The molecule has 2 unspecified atom stereocenters. The van der Waals surface area contributed by atoms with E-state index >= 15 is 0 Å². The maximum atomic E-state index is 12.0. The van der Waals surface area contributed by atoms with Gasteiger partial charge in [0.05, 0.1) is 25.5 Å². The molecule has 2 amide bonds. The third-order valence-corrected chi connectivity index (χ3v) is 3.24. The molecule has 0 saturated carbocycles. The highest BCUT2D eigenvalue weighted by molar-refractivity contribution is 6.05. The quantitative estimate of drug-likeness (QED) is 0.537. The zero-order chi connectivity index (χ0) is 14.4. The Balaban J connectivity index is 2.42. The van der Waals surface area contributed by atoms with Gasteiger partial charge >= 0.3 is 5.97 Å². The maximum absolute atomic E-state index is 12.0. The van der Waals surface area contributed by atoms with Crippen LogP contribution in [0.15, 0.2) is 0 Å². The fraction of sp³-hybridized carbons (Fsp3) is 0.769. The van der Waals surface area contributed by atoms with Gasteiger partial charge in [0.15, 0.2) is 0 Å². The molecule has 0 bridgehead atoms. The molecule has 6 heteroatoms. The normalized spacial score (nSPS) is 20.8. The Bertz CT molecular complexity index is 357. The van der Waals surface area contributed by atoms with Crippen LogP contribution in [0.3, 0.4) is 0 Å². The molecular formula is C13H22N2O4. The summed E-state index contributed by atoms with van der Waals surface area (Å²) in [5.74, 6) is -0.637. The number of carbonyl (C=O) groups is 3. The van der Waals surface area contributed by atoms with Crippen LogP contribution in [0.25, 0.3) is 0 Å². The molecule has 1 heterocycles. The summed E-state index contributed by atoms with van der Waals surface area (Å²) in [5, 5.41) is 2.95. The number of rotatable bonds is 7. The Kier molecular flexibility index (Phi) is 5.95. The van der Waals surface area contributed by atoms with Crippen molar-refractivity contribution < 1.29 is 19.1 Å². The van der Waals surface area contributed by atoms with Gasteiger partial charge in [-0.2, -0.15) is 0 Å². The second kappa shape index (κ2) is 7.23. The summed E-state index contributed by atoms with van der Waals surface area (Å²) in [4.78, 5) is 36.3. The van der Waals surface area contributed by atoms with E-state index < -0.39 is 6.04 Å². The van der Waals surface area contributed by atoms with E-state index in [2.05, 4.69) is 5.32 Å². The number of likely N-dealkylation sites (tertiary alicyclic amines) is 1. The molecule has 1 fully saturated rings. The van der Waals surface area contributed by atoms with Crippen molar-refractivity contribution in [1.82, 2.24) is 10.2 Å². The topological polar surface area (TPSA) is 75.7 Å². The van der Waals surface area contributed by atoms with E-state index in [1.165, 1.54) is 4.90 Å². The first-order valence-corrected chi connectivity index (χ1v) is 6.76. The molecule has 1 aliphatic rings. The molecular weight excluding hydrogens is 248 g/mol. The Morgan fingerprint density at radius 1 is 1.47 bits per heavy atom. The number of carbonyl (C=O) groups excluding carboxylic acids is 3. The lowest BCUT2D eigenvalue weighted by Crippen LogP contribution is -2.43. The molecule has 0 aromatic heterocycles. The van der Waals surface area contributed by atoms with E-state index in [1.807, 2.05) is 13.8 Å². The Morgan fingerprint density at radius 3 is 2.74 bits per heavy atom. The fourth-order valence-corrected chi connectivity index (χ4v) is 2.04. The summed E-state index contributed by atoms with van der Waals surface area (Å²) in [6, 6.07) is -0.576. The summed E-state index contributed by atoms with van der Waals surface area (Å²) in [6.45, 7) is 6.23. The number of hydrogen-bond acceptors (Lipinski definition) is 5. The van der Waals surface area contributed by atoms with Crippen LogP contribution in [0.2, 0.25) is 0 Å². The molecule has 108 valence electrons. The molecule has 1 N–H and O–H groups in total. The van der Waals surface area contributed by atoms with Gasteiger partial charge in [0.25, 0.3) is 0 Å². The van der Waals surface area contributed by atoms with Crippen molar-refractivity contribution in [2.24, 2.45) is 0 Å². The van der Waals surface area contributed by atoms with Gasteiger partial charge in [-0.3, -0.25) is 19.3 Å². The van der Waals surface area contributed by atoms with Gasteiger partial charge in [0.2, 0.25) is 11.8 Å². The van der Waals surface area contributed by atoms with Crippen LogP contribution in [-0.4, -0.2) is 47.9 Å². The second-order valence-corrected chi connectivity index (χ2v) is 4.63. The average molecular weight is 270 g/mol. The van der Waals surface area contributed by atoms with Crippen LogP contribution < -0.4 is 5.32 Å².